The lowest BCUT2D eigenvalue weighted by Gasteiger charge is -2.08. The van der Waals surface area contributed by atoms with Gasteiger partial charge in [-0.1, -0.05) is 22.0 Å². The molecule has 1 aromatic carbocycles. The van der Waals surface area contributed by atoms with Crippen molar-refractivity contribution >= 4 is 32.9 Å². The maximum Gasteiger partial charge on any atom is 0.0178 e. The van der Waals surface area contributed by atoms with E-state index in [2.05, 4.69) is 34.1 Å². The van der Waals surface area contributed by atoms with E-state index in [-0.39, 0.29) is 17.0 Å². The third-order valence-electron chi connectivity index (χ3n) is 3.58. The Balaban J connectivity index is 0.000000750. The average molecular weight is 319 g/mol. The van der Waals surface area contributed by atoms with E-state index in [4.69, 9.17) is 5.73 Å². The molecule has 1 fully saturated rings. The third kappa shape index (κ3) is 1.29. The van der Waals surface area contributed by atoms with E-state index in [1.807, 2.05) is 0 Å². The summed E-state index contributed by atoms with van der Waals surface area (Å²) in [6, 6.07) is 7.06. The predicted octanol–water partition coefficient (Wildman–Crippen LogP) is 2.94. The lowest BCUT2D eigenvalue weighted by molar-refractivity contribution is 0.651. The Labute approximate surface area is 103 Å². The molecule has 0 amide bonds. The molecule has 0 saturated heterocycles. The van der Waals surface area contributed by atoms with Crippen molar-refractivity contribution in [2.75, 3.05) is 0 Å². The van der Waals surface area contributed by atoms with Gasteiger partial charge < -0.3 is 5.73 Å². The fraction of sp³-hybridized carbons (Fsp3) is 0.455. The Hall–Kier alpha value is 0.140. The van der Waals surface area contributed by atoms with Crippen molar-refractivity contribution in [3.63, 3.8) is 0 Å². The summed E-state index contributed by atoms with van der Waals surface area (Å²) in [5.41, 5.74) is 9.41. The van der Waals surface area contributed by atoms with Crippen LogP contribution >= 0.6 is 32.9 Å². The summed E-state index contributed by atoms with van der Waals surface area (Å²) in [5, 5.41) is 0. The third-order valence-corrected chi connectivity index (χ3v) is 4.07. The lowest BCUT2D eigenvalue weighted by atomic mass is 9.98. The van der Waals surface area contributed by atoms with Crippen LogP contribution in [0.3, 0.4) is 0 Å². The summed E-state index contributed by atoms with van der Waals surface area (Å²) in [6.07, 6.45) is 3.67. The zero-order valence-corrected chi connectivity index (χ0v) is 11.1. The Morgan fingerprint density at radius 1 is 1.43 bits per heavy atom. The molecule has 0 aromatic heterocycles. The second-order valence-corrected chi connectivity index (χ2v) is 5.18. The molecular formula is C11H13Br2N. The molecule has 1 aromatic rings. The van der Waals surface area contributed by atoms with E-state index >= 15 is 0 Å². The summed E-state index contributed by atoms with van der Waals surface area (Å²) in [4.78, 5) is 0. The van der Waals surface area contributed by atoms with Crippen LogP contribution in [-0.4, -0.2) is 6.04 Å². The van der Waals surface area contributed by atoms with E-state index in [1.54, 1.807) is 0 Å². The van der Waals surface area contributed by atoms with Crippen LogP contribution in [0.1, 0.15) is 24.0 Å². The highest BCUT2D eigenvalue weighted by Crippen LogP contribution is 2.55. The first-order valence-corrected chi connectivity index (χ1v) is 5.56. The molecular weight excluding hydrogens is 306 g/mol. The van der Waals surface area contributed by atoms with Gasteiger partial charge in [0.05, 0.1) is 0 Å². The quantitative estimate of drug-likeness (QED) is 0.782. The van der Waals surface area contributed by atoms with Gasteiger partial charge in [0.25, 0.3) is 0 Å². The first kappa shape index (κ1) is 10.7. The molecule has 2 aliphatic carbocycles. The zero-order valence-electron chi connectivity index (χ0n) is 7.79. The number of hydrogen-bond donors (Lipinski definition) is 1. The number of rotatable bonds is 0. The number of fused-ring (bicyclic) bond motifs is 2. The van der Waals surface area contributed by atoms with Gasteiger partial charge in [0.1, 0.15) is 0 Å². The maximum atomic E-state index is 6.00. The van der Waals surface area contributed by atoms with Crippen molar-refractivity contribution in [2.24, 2.45) is 5.73 Å². The molecule has 76 valence electrons. The lowest BCUT2D eigenvalue weighted by Crippen LogP contribution is -2.14. The van der Waals surface area contributed by atoms with Crippen LogP contribution in [-0.2, 0) is 11.8 Å². The Morgan fingerprint density at radius 3 is 2.79 bits per heavy atom. The van der Waals surface area contributed by atoms with Crippen LogP contribution in [0.2, 0.25) is 0 Å². The SMILES string of the molecule is Br.NC1CC12CCc1cc(Br)ccc12. The fourth-order valence-corrected chi connectivity index (χ4v) is 3.09. The molecule has 3 rings (SSSR count). The van der Waals surface area contributed by atoms with Crippen molar-refractivity contribution < 1.29 is 0 Å². The highest BCUT2D eigenvalue weighted by atomic mass is 79.9. The van der Waals surface area contributed by atoms with Gasteiger partial charge in [0.15, 0.2) is 0 Å². The fourth-order valence-electron chi connectivity index (χ4n) is 2.68. The smallest absolute Gasteiger partial charge is 0.0178 e. The second kappa shape index (κ2) is 3.32. The van der Waals surface area contributed by atoms with Crippen molar-refractivity contribution in [2.45, 2.75) is 30.7 Å². The van der Waals surface area contributed by atoms with E-state index in [9.17, 15) is 0 Å². The van der Waals surface area contributed by atoms with Crippen LogP contribution in [0.25, 0.3) is 0 Å². The minimum Gasteiger partial charge on any atom is -0.327 e. The van der Waals surface area contributed by atoms with Gasteiger partial charge in [-0.05, 0) is 42.5 Å². The zero-order chi connectivity index (χ0) is 9.05. The molecule has 1 spiro atoms. The summed E-state index contributed by atoms with van der Waals surface area (Å²) in [5.74, 6) is 0. The number of aryl methyl sites for hydroxylation is 1. The van der Waals surface area contributed by atoms with Gasteiger partial charge in [0, 0.05) is 15.9 Å². The largest absolute Gasteiger partial charge is 0.327 e. The van der Waals surface area contributed by atoms with Gasteiger partial charge >= 0.3 is 0 Å². The first-order valence-electron chi connectivity index (χ1n) is 4.77. The molecule has 1 saturated carbocycles. The highest BCUT2D eigenvalue weighted by molar-refractivity contribution is 9.10. The Morgan fingerprint density at radius 2 is 2.14 bits per heavy atom. The molecule has 2 N–H and O–H groups in total. The first-order chi connectivity index (χ1) is 6.22. The topological polar surface area (TPSA) is 26.0 Å². The van der Waals surface area contributed by atoms with Gasteiger partial charge in [0.2, 0.25) is 0 Å². The summed E-state index contributed by atoms with van der Waals surface area (Å²) >= 11 is 3.51. The molecule has 1 nitrogen and oxygen atoms in total. The van der Waals surface area contributed by atoms with Crippen LogP contribution in [0.15, 0.2) is 22.7 Å². The van der Waals surface area contributed by atoms with E-state index in [0.717, 1.165) is 0 Å². The predicted molar refractivity (Wildman–Crippen MR) is 67.1 cm³/mol. The van der Waals surface area contributed by atoms with Crippen LogP contribution in [0, 0.1) is 0 Å². The van der Waals surface area contributed by atoms with Crippen LogP contribution in [0.4, 0.5) is 0 Å². The van der Waals surface area contributed by atoms with Gasteiger partial charge in [-0.25, -0.2) is 0 Å². The monoisotopic (exact) mass is 317 g/mol. The van der Waals surface area contributed by atoms with Gasteiger partial charge in [-0.2, -0.15) is 0 Å². The van der Waals surface area contributed by atoms with E-state index in [0.29, 0.717) is 11.5 Å². The summed E-state index contributed by atoms with van der Waals surface area (Å²) in [7, 11) is 0. The van der Waals surface area contributed by atoms with Crippen molar-refractivity contribution in [1.29, 1.82) is 0 Å². The Bertz CT molecular complexity index is 378. The average Bonchev–Trinajstić information content (AvgIpc) is 2.59. The number of benzene rings is 1. The molecule has 0 aliphatic heterocycles. The molecule has 3 heteroatoms. The summed E-state index contributed by atoms with van der Waals surface area (Å²) < 4.78 is 1.19. The Kier molecular flexibility index (Phi) is 2.53. The molecule has 0 bridgehead atoms. The molecule has 0 radical (unpaired) electrons. The van der Waals surface area contributed by atoms with Crippen LogP contribution < -0.4 is 5.73 Å². The van der Waals surface area contributed by atoms with Crippen molar-refractivity contribution in [3.05, 3.63) is 33.8 Å². The molecule has 14 heavy (non-hydrogen) atoms. The van der Waals surface area contributed by atoms with Crippen LogP contribution in [0.5, 0.6) is 0 Å². The van der Waals surface area contributed by atoms with E-state index < -0.39 is 0 Å². The number of hydrogen-bond acceptors (Lipinski definition) is 1. The van der Waals surface area contributed by atoms with Gasteiger partial charge in [-0.3, -0.25) is 0 Å². The summed E-state index contributed by atoms with van der Waals surface area (Å²) in [6.45, 7) is 0. The molecule has 2 aliphatic rings. The minimum atomic E-state index is 0. The molecule has 0 heterocycles. The van der Waals surface area contributed by atoms with Crippen molar-refractivity contribution in [1.82, 2.24) is 0 Å². The second-order valence-electron chi connectivity index (χ2n) is 4.27. The number of halogens is 2. The molecule has 2 atom stereocenters. The van der Waals surface area contributed by atoms with Gasteiger partial charge in [-0.15, -0.1) is 17.0 Å². The molecule has 2 unspecified atom stereocenters. The normalized spacial score (nSPS) is 32.6. The number of nitrogens with two attached hydrogens (primary N) is 1. The highest BCUT2D eigenvalue weighted by Gasteiger charge is 2.55. The van der Waals surface area contributed by atoms with Crippen molar-refractivity contribution in [3.8, 4) is 0 Å². The maximum absolute atomic E-state index is 6.00. The van der Waals surface area contributed by atoms with E-state index in [1.165, 1.54) is 34.9 Å². The minimum absolute atomic E-state index is 0. The standard InChI is InChI=1S/C11H12BrN.BrH/c12-8-1-2-9-7(5-8)3-4-11(9)6-10(11)13;/h1-2,5,10H,3-4,6,13H2;1H.